The minimum absolute atomic E-state index is 0.113. The molecule has 0 bridgehead atoms. The molecule has 1 aliphatic carbocycles. The third-order valence-electron chi connectivity index (χ3n) is 3.93. The van der Waals surface area contributed by atoms with Gasteiger partial charge in [0.1, 0.15) is 5.01 Å². The van der Waals surface area contributed by atoms with Gasteiger partial charge in [0.05, 0.1) is 17.4 Å². The average molecular weight is 319 g/mol. The van der Waals surface area contributed by atoms with Gasteiger partial charge in [0.25, 0.3) is 5.91 Å². The second-order valence-electron chi connectivity index (χ2n) is 5.70. The third-order valence-corrected chi connectivity index (χ3v) is 5.27. The molecular formula is C16H21N3O2S. The van der Waals surface area contributed by atoms with Gasteiger partial charge in [0.15, 0.2) is 5.89 Å². The van der Waals surface area contributed by atoms with Gasteiger partial charge in [-0.2, -0.15) is 0 Å². The molecule has 118 valence electrons. The summed E-state index contributed by atoms with van der Waals surface area (Å²) in [5.41, 5.74) is 1.86. The van der Waals surface area contributed by atoms with Gasteiger partial charge in [0, 0.05) is 11.3 Å². The molecule has 1 amide bonds. The van der Waals surface area contributed by atoms with Crippen LogP contribution in [0.1, 0.15) is 70.4 Å². The molecule has 0 fully saturated rings. The Hall–Kier alpha value is -1.69. The maximum absolute atomic E-state index is 12.4. The molecule has 6 heteroatoms. The van der Waals surface area contributed by atoms with Gasteiger partial charge in [0.2, 0.25) is 5.76 Å². The predicted octanol–water partition coefficient (Wildman–Crippen LogP) is 3.37. The highest BCUT2D eigenvalue weighted by molar-refractivity contribution is 7.11. The van der Waals surface area contributed by atoms with Crippen molar-refractivity contribution in [2.24, 2.45) is 0 Å². The quantitative estimate of drug-likeness (QED) is 0.938. The number of nitrogens with one attached hydrogen (secondary N) is 1. The zero-order chi connectivity index (χ0) is 15.7. The number of fused-ring (bicyclic) bond motifs is 1. The van der Waals surface area contributed by atoms with Crippen molar-refractivity contribution >= 4 is 17.2 Å². The van der Waals surface area contributed by atoms with Crippen LogP contribution < -0.4 is 5.32 Å². The summed E-state index contributed by atoms with van der Waals surface area (Å²) in [5.74, 6) is 0.690. The molecule has 0 spiro atoms. The minimum Gasteiger partial charge on any atom is -0.435 e. The molecule has 0 saturated carbocycles. The van der Waals surface area contributed by atoms with Crippen LogP contribution in [0, 0.1) is 6.92 Å². The highest BCUT2D eigenvalue weighted by Crippen LogP contribution is 2.29. The van der Waals surface area contributed by atoms with Gasteiger partial charge in [-0.1, -0.05) is 6.92 Å². The van der Waals surface area contributed by atoms with E-state index in [1.54, 1.807) is 18.3 Å². The van der Waals surface area contributed by atoms with Crippen LogP contribution in [-0.4, -0.2) is 15.9 Å². The number of oxazole rings is 1. The number of amides is 1. The first-order chi connectivity index (χ1) is 10.6. The second-order valence-corrected chi connectivity index (χ2v) is 6.82. The molecule has 1 N–H and O–H groups in total. The van der Waals surface area contributed by atoms with Crippen molar-refractivity contribution in [3.63, 3.8) is 0 Å². The van der Waals surface area contributed by atoms with Crippen molar-refractivity contribution in [1.29, 1.82) is 0 Å². The fourth-order valence-corrected chi connectivity index (χ4v) is 3.85. The van der Waals surface area contributed by atoms with Crippen molar-refractivity contribution in [3.8, 4) is 0 Å². The summed E-state index contributed by atoms with van der Waals surface area (Å²) in [4.78, 5) is 22.7. The van der Waals surface area contributed by atoms with E-state index >= 15 is 0 Å². The summed E-state index contributed by atoms with van der Waals surface area (Å²) < 4.78 is 5.50. The summed E-state index contributed by atoms with van der Waals surface area (Å²) >= 11 is 1.72. The minimum atomic E-state index is -0.217. The standard InChI is InChI=1S/C16H21N3O2S/c1-4-13-17-9(2)14(21-13)15(20)18-10(3)16-19-11-7-5-6-8-12(11)22-16/h10H,4-8H2,1-3H3,(H,18,20). The van der Waals surface area contributed by atoms with E-state index < -0.39 is 0 Å². The van der Waals surface area contributed by atoms with Crippen LogP contribution in [0.5, 0.6) is 0 Å². The van der Waals surface area contributed by atoms with Gasteiger partial charge < -0.3 is 9.73 Å². The highest BCUT2D eigenvalue weighted by atomic mass is 32.1. The Balaban J connectivity index is 1.73. The molecule has 5 nitrogen and oxygen atoms in total. The van der Waals surface area contributed by atoms with Gasteiger partial charge in [-0.3, -0.25) is 4.79 Å². The third kappa shape index (κ3) is 2.92. The first-order valence-electron chi connectivity index (χ1n) is 7.84. The van der Waals surface area contributed by atoms with E-state index in [9.17, 15) is 4.79 Å². The van der Waals surface area contributed by atoms with Crippen LogP contribution in [0.2, 0.25) is 0 Å². The van der Waals surface area contributed by atoms with Crippen LogP contribution in [0.15, 0.2) is 4.42 Å². The smallest absolute Gasteiger partial charge is 0.289 e. The van der Waals surface area contributed by atoms with E-state index in [1.807, 2.05) is 13.8 Å². The van der Waals surface area contributed by atoms with Crippen LogP contribution in [0.3, 0.4) is 0 Å². The first kappa shape index (κ1) is 15.2. The Bertz CT molecular complexity index is 666. The zero-order valence-electron chi connectivity index (χ0n) is 13.2. The van der Waals surface area contributed by atoms with Gasteiger partial charge in [-0.25, -0.2) is 9.97 Å². The van der Waals surface area contributed by atoms with E-state index in [4.69, 9.17) is 9.40 Å². The zero-order valence-corrected chi connectivity index (χ0v) is 14.0. The SMILES string of the molecule is CCc1nc(C)c(C(=O)NC(C)c2nc3c(s2)CCCC3)o1. The van der Waals surface area contributed by atoms with E-state index in [-0.39, 0.29) is 11.9 Å². The topological polar surface area (TPSA) is 68.0 Å². The Morgan fingerprint density at radius 2 is 2.14 bits per heavy atom. The lowest BCUT2D eigenvalue weighted by Gasteiger charge is -2.09. The number of aromatic nitrogens is 2. The maximum atomic E-state index is 12.4. The summed E-state index contributed by atoms with van der Waals surface area (Å²) in [6, 6.07) is -0.113. The molecule has 1 aliphatic rings. The largest absolute Gasteiger partial charge is 0.435 e. The lowest BCUT2D eigenvalue weighted by atomic mass is 10.0. The van der Waals surface area contributed by atoms with Crippen LogP contribution in [0.4, 0.5) is 0 Å². The number of nitrogens with zero attached hydrogens (tertiary/aromatic N) is 2. The molecule has 2 aromatic rings. The van der Waals surface area contributed by atoms with E-state index in [0.717, 1.165) is 17.8 Å². The molecule has 0 saturated heterocycles. The number of aryl methyl sites for hydroxylation is 4. The maximum Gasteiger partial charge on any atom is 0.289 e. The van der Waals surface area contributed by atoms with Crippen molar-refractivity contribution in [2.75, 3.05) is 0 Å². The van der Waals surface area contributed by atoms with Gasteiger partial charge in [-0.05, 0) is 39.5 Å². The summed E-state index contributed by atoms with van der Waals surface area (Å²) in [5, 5.41) is 3.95. The highest BCUT2D eigenvalue weighted by Gasteiger charge is 2.22. The Morgan fingerprint density at radius 3 is 2.82 bits per heavy atom. The fourth-order valence-electron chi connectivity index (χ4n) is 2.70. The molecule has 1 unspecified atom stereocenters. The average Bonchev–Trinajstić information content (AvgIpc) is 3.10. The Kier molecular flexibility index (Phi) is 4.29. The van der Waals surface area contributed by atoms with Crippen LogP contribution >= 0.6 is 11.3 Å². The van der Waals surface area contributed by atoms with Crippen LogP contribution in [-0.2, 0) is 19.3 Å². The van der Waals surface area contributed by atoms with E-state index in [1.165, 1.54) is 23.4 Å². The molecule has 0 radical (unpaired) electrons. The molecule has 22 heavy (non-hydrogen) atoms. The van der Waals surface area contributed by atoms with Crippen molar-refractivity contribution < 1.29 is 9.21 Å². The number of carbonyl (C=O) groups excluding carboxylic acids is 1. The van der Waals surface area contributed by atoms with Crippen molar-refractivity contribution in [1.82, 2.24) is 15.3 Å². The van der Waals surface area contributed by atoms with E-state index in [2.05, 4.69) is 10.3 Å². The van der Waals surface area contributed by atoms with Crippen LogP contribution in [0.25, 0.3) is 0 Å². The molecule has 3 rings (SSSR count). The predicted molar refractivity (Wildman–Crippen MR) is 85.3 cm³/mol. The molecule has 2 heterocycles. The Labute approximate surface area is 134 Å². The molecule has 2 aromatic heterocycles. The number of hydrogen-bond acceptors (Lipinski definition) is 5. The second kappa shape index (κ2) is 6.20. The Morgan fingerprint density at radius 1 is 1.36 bits per heavy atom. The van der Waals surface area contributed by atoms with Gasteiger partial charge >= 0.3 is 0 Å². The van der Waals surface area contributed by atoms with E-state index in [0.29, 0.717) is 23.8 Å². The van der Waals surface area contributed by atoms with Crippen molar-refractivity contribution in [2.45, 2.75) is 58.9 Å². The lowest BCUT2D eigenvalue weighted by Crippen LogP contribution is -2.26. The number of carbonyl (C=O) groups is 1. The number of hydrogen-bond donors (Lipinski definition) is 1. The number of rotatable bonds is 4. The van der Waals surface area contributed by atoms with Crippen molar-refractivity contribution in [3.05, 3.63) is 32.9 Å². The molecule has 1 atom stereocenters. The normalized spacial score (nSPS) is 15.4. The molecular weight excluding hydrogens is 298 g/mol. The van der Waals surface area contributed by atoms with Gasteiger partial charge in [-0.15, -0.1) is 11.3 Å². The summed E-state index contributed by atoms with van der Waals surface area (Å²) in [6.45, 7) is 5.72. The molecule has 0 aromatic carbocycles. The summed E-state index contributed by atoms with van der Waals surface area (Å²) in [7, 11) is 0. The monoisotopic (exact) mass is 319 g/mol. The molecule has 0 aliphatic heterocycles. The fraction of sp³-hybridized carbons (Fsp3) is 0.562. The summed E-state index contributed by atoms with van der Waals surface area (Å²) in [6.07, 6.45) is 5.32. The lowest BCUT2D eigenvalue weighted by molar-refractivity contribution is 0.0909. The number of thiazole rings is 1. The first-order valence-corrected chi connectivity index (χ1v) is 8.65.